The molecular weight excluding hydrogens is 476 g/mol. The zero-order valence-electron chi connectivity index (χ0n) is 20.2. The summed E-state index contributed by atoms with van der Waals surface area (Å²) in [7, 11) is 1.62. The lowest BCUT2D eigenvalue weighted by molar-refractivity contribution is -0.172. The topological polar surface area (TPSA) is 109 Å². The second-order valence-corrected chi connectivity index (χ2v) is 9.38. The number of benzene rings is 2. The van der Waals surface area contributed by atoms with Gasteiger partial charge in [0.15, 0.2) is 17.1 Å². The molecule has 0 spiro atoms. The Hall–Kier alpha value is -4.37. The average Bonchev–Trinajstić information content (AvgIpc) is 3.53. The van der Waals surface area contributed by atoms with Crippen LogP contribution in [0.1, 0.15) is 30.0 Å². The summed E-state index contributed by atoms with van der Waals surface area (Å²) < 4.78 is 23.8. The fourth-order valence-electron chi connectivity index (χ4n) is 5.55. The first-order chi connectivity index (χ1) is 17.9. The zero-order chi connectivity index (χ0) is 25.5. The summed E-state index contributed by atoms with van der Waals surface area (Å²) in [4.78, 5) is 30.9. The molecule has 0 saturated heterocycles. The van der Waals surface area contributed by atoms with E-state index in [2.05, 4.69) is 0 Å². The second kappa shape index (κ2) is 7.57. The van der Waals surface area contributed by atoms with E-state index < -0.39 is 11.6 Å². The van der Waals surface area contributed by atoms with E-state index in [9.17, 15) is 14.7 Å². The zero-order valence-corrected chi connectivity index (χ0v) is 20.2. The highest BCUT2D eigenvalue weighted by Crippen LogP contribution is 2.48. The van der Waals surface area contributed by atoms with Crippen LogP contribution in [-0.4, -0.2) is 34.5 Å². The van der Waals surface area contributed by atoms with Gasteiger partial charge < -0.3 is 28.6 Å². The Labute approximate surface area is 210 Å². The Bertz CT molecular complexity index is 1720. The molecular formula is C28H22N2O7. The summed E-state index contributed by atoms with van der Waals surface area (Å²) in [5.41, 5.74) is 2.85. The molecule has 0 bridgehead atoms. The summed E-state index contributed by atoms with van der Waals surface area (Å²) in [6, 6.07) is 13.3. The minimum absolute atomic E-state index is 0.0904. The molecule has 1 N–H and O–H groups in total. The number of aliphatic hydroxyl groups is 1. The van der Waals surface area contributed by atoms with E-state index in [4.69, 9.17) is 23.9 Å². The highest BCUT2D eigenvalue weighted by atomic mass is 16.7. The first-order valence-electron chi connectivity index (χ1n) is 12.0. The molecule has 37 heavy (non-hydrogen) atoms. The molecule has 0 amide bonds. The Balaban J connectivity index is 1.48. The lowest BCUT2D eigenvalue weighted by atomic mass is 9.86. The molecule has 3 aliphatic heterocycles. The number of rotatable bonds is 3. The van der Waals surface area contributed by atoms with Crippen LogP contribution in [0.25, 0.3) is 33.4 Å². The van der Waals surface area contributed by atoms with Gasteiger partial charge in [0, 0.05) is 28.1 Å². The molecule has 4 aromatic rings. The van der Waals surface area contributed by atoms with Crippen molar-refractivity contribution in [1.29, 1.82) is 0 Å². The minimum Gasteiger partial charge on any atom is -0.497 e. The number of fused-ring (bicyclic) bond motifs is 6. The molecule has 0 radical (unpaired) electrons. The molecule has 2 aromatic heterocycles. The maximum atomic E-state index is 13.5. The average molecular weight is 498 g/mol. The molecule has 9 heteroatoms. The normalized spacial score (nSPS) is 18.8. The van der Waals surface area contributed by atoms with Crippen LogP contribution in [0.4, 0.5) is 0 Å². The van der Waals surface area contributed by atoms with Crippen molar-refractivity contribution >= 4 is 16.9 Å². The fourth-order valence-corrected chi connectivity index (χ4v) is 5.55. The van der Waals surface area contributed by atoms with Gasteiger partial charge in [-0.1, -0.05) is 19.1 Å². The molecule has 7 rings (SSSR count). The summed E-state index contributed by atoms with van der Waals surface area (Å²) in [6.45, 7) is 1.94. The summed E-state index contributed by atoms with van der Waals surface area (Å²) >= 11 is 0. The van der Waals surface area contributed by atoms with Crippen molar-refractivity contribution in [1.82, 2.24) is 9.55 Å². The van der Waals surface area contributed by atoms with Gasteiger partial charge in [0.2, 0.25) is 6.79 Å². The quantitative estimate of drug-likeness (QED) is 0.377. The van der Waals surface area contributed by atoms with Crippen LogP contribution in [0, 0.1) is 0 Å². The van der Waals surface area contributed by atoms with Gasteiger partial charge in [0.05, 0.1) is 36.1 Å². The smallest absolute Gasteiger partial charge is 0.343 e. The van der Waals surface area contributed by atoms with E-state index >= 15 is 0 Å². The molecule has 1 atom stereocenters. The molecule has 0 aliphatic carbocycles. The Morgan fingerprint density at radius 3 is 2.81 bits per heavy atom. The maximum Gasteiger partial charge on any atom is 0.343 e. The van der Waals surface area contributed by atoms with E-state index in [1.807, 2.05) is 36.4 Å². The predicted molar refractivity (Wildman–Crippen MR) is 133 cm³/mol. The van der Waals surface area contributed by atoms with Crippen molar-refractivity contribution in [2.75, 3.05) is 13.9 Å². The van der Waals surface area contributed by atoms with Gasteiger partial charge >= 0.3 is 5.97 Å². The van der Waals surface area contributed by atoms with Gasteiger partial charge in [-0.15, -0.1) is 0 Å². The fraction of sp³-hybridized carbons (Fsp3) is 0.250. The minimum atomic E-state index is -1.87. The van der Waals surface area contributed by atoms with Crippen LogP contribution < -0.4 is 19.8 Å². The van der Waals surface area contributed by atoms with Crippen LogP contribution >= 0.6 is 0 Å². The number of aromatic nitrogens is 2. The first-order valence-corrected chi connectivity index (χ1v) is 12.0. The van der Waals surface area contributed by atoms with Crippen molar-refractivity contribution in [3.05, 3.63) is 69.5 Å². The molecule has 0 fully saturated rings. The van der Waals surface area contributed by atoms with E-state index in [-0.39, 0.29) is 25.4 Å². The standard InChI is InChI=1S/C28H22N2O7/c1-3-28(33)19-9-21-24-15(11-30(21)26(31)18(19)12-35-27(28)32)8-17-20(29-24)10-22-25(37-13-36-22)23(17)14-5-4-6-16(7-14)34-2/h4-10,33H,3,11-13H2,1-2H3/t28-/m0/s1. The number of nitrogens with zero attached hydrogens (tertiary/aromatic N) is 2. The molecule has 2 aromatic carbocycles. The number of carbonyl (C=O) groups is 1. The second-order valence-electron chi connectivity index (χ2n) is 9.38. The van der Waals surface area contributed by atoms with Gasteiger partial charge in [0.25, 0.3) is 5.56 Å². The molecule has 9 nitrogen and oxygen atoms in total. The number of hydrogen-bond donors (Lipinski definition) is 1. The molecule has 3 aliphatic rings. The number of methoxy groups -OCH3 is 1. The predicted octanol–water partition coefficient (Wildman–Crippen LogP) is 3.48. The largest absolute Gasteiger partial charge is 0.497 e. The third kappa shape index (κ3) is 2.91. The molecule has 186 valence electrons. The van der Waals surface area contributed by atoms with Crippen LogP contribution in [0.2, 0.25) is 0 Å². The van der Waals surface area contributed by atoms with Crippen molar-refractivity contribution in [2.24, 2.45) is 0 Å². The highest BCUT2D eigenvalue weighted by Gasteiger charge is 2.45. The van der Waals surface area contributed by atoms with E-state index in [1.165, 1.54) is 0 Å². The number of carbonyl (C=O) groups excluding carboxylic acids is 1. The highest BCUT2D eigenvalue weighted by molar-refractivity contribution is 6.02. The summed E-state index contributed by atoms with van der Waals surface area (Å²) in [5.74, 6) is 1.18. The molecule has 0 saturated carbocycles. The number of hydrogen-bond acceptors (Lipinski definition) is 8. The van der Waals surface area contributed by atoms with Crippen molar-refractivity contribution in [2.45, 2.75) is 32.1 Å². The number of cyclic esters (lactones) is 1. The lowest BCUT2D eigenvalue weighted by Crippen LogP contribution is -2.44. The van der Waals surface area contributed by atoms with E-state index in [0.29, 0.717) is 51.8 Å². The van der Waals surface area contributed by atoms with Gasteiger partial charge in [-0.3, -0.25) is 4.79 Å². The molecule has 5 heterocycles. The van der Waals surface area contributed by atoms with E-state index in [1.54, 1.807) is 24.7 Å². The van der Waals surface area contributed by atoms with Crippen molar-refractivity contribution in [3.63, 3.8) is 0 Å². The third-order valence-corrected chi connectivity index (χ3v) is 7.51. The van der Waals surface area contributed by atoms with Crippen LogP contribution in [-0.2, 0) is 28.3 Å². The summed E-state index contributed by atoms with van der Waals surface area (Å²) in [6.07, 6.45) is 0.0904. The first kappa shape index (κ1) is 21.9. The van der Waals surface area contributed by atoms with Crippen LogP contribution in [0.15, 0.2) is 47.3 Å². The third-order valence-electron chi connectivity index (χ3n) is 7.51. The Morgan fingerprint density at radius 1 is 1.14 bits per heavy atom. The van der Waals surface area contributed by atoms with Gasteiger partial charge in [-0.25, -0.2) is 9.78 Å². The van der Waals surface area contributed by atoms with E-state index in [0.717, 1.165) is 22.1 Å². The molecule has 0 unspecified atom stereocenters. The Kier molecular flexibility index (Phi) is 4.47. The van der Waals surface area contributed by atoms with Crippen molar-refractivity contribution < 1.29 is 28.8 Å². The Morgan fingerprint density at radius 2 is 2.00 bits per heavy atom. The monoisotopic (exact) mass is 498 g/mol. The summed E-state index contributed by atoms with van der Waals surface area (Å²) in [5, 5.41) is 12.0. The van der Waals surface area contributed by atoms with Crippen LogP contribution in [0.3, 0.4) is 0 Å². The van der Waals surface area contributed by atoms with Gasteiger partial charge in [-0.2, -0.15) is 0 Å². The number of esters is 1. The van der Waals surface area contributed by atoms with Crippen LogP contribution in [0.5, 0.6) is 17.2 Å². The number of ether oxygens (including phenoxy) is 4. The van der Waals surface area contributed by atoms with Crippen molar-refractivity contribution in [3.8, 4) is 39.8 Å². The lowest BCUT2D eigenvalue weighted by Gasteiger charge is -2.31. The van der Waals surface area contributed by atoms with Gasteiger partial charge in [-0.05, 0) is 36.2 Å². The van der Waals surface area contributed by atoms with Gasteiger partial charge in [0.1, 0.15) is 12.4 Å². The number of pyridine rings is 2. The maximum absolute atomic E-state index is 13.5. The SMILES string of the molecule is CC[C@@]1(O)C(=O)OCc2c1cc1n(c2=O)Cc2cc3c(-c4cccc(OC)c4)c4c(cc3nc2-1)OCO4.